The number of carboxylic acid groups (broad SMARTS) is 1. The fourth-order valence-electron chi connectivity index (χ4n) is 2.08. The number of halogens is 3. The lowest BCUT2D eigenvalue weighted by Crippen LogP contribution is -2.28. The minimum Gasteiger partial charge on any atom is -0.481 e. The molecular formula is C14H14F3NO3. The van der Waals surface area contributed by atoms with E-state index in [9.17, 15) is 22.8 Å². The first kappa shape index (κ1) is 15.3. The maximum atomic E-state index is 12.4. The van der Waals surface area contributed by atoms with Crippen LogP contribution in [0.2, 0.25) is 0 Å². The first-order valence-corrected chi connectivity index (χ1v) is 6.45. The quantitative estimate of drug-likeness (QED) is 0.875. The van der Waals surface area contributed by atoms with Crippen LogP contribution in [0.3, 0.4) is 0 Å². The Labute approximate surface area is 119 Å². The molecule has 2 unspecified atom stereocenters. The Morgan fingerprint density at radius 3 is 2.29 bits per heavy atom. The number of alkyl halides is 3. The third-order valence-corrected chi connectivity index (χ3v) is 3.44. The van der Waals surface area contributed by atoms with Crippen molar-refractivity contribution in [2.24, 2.45) is 11.8 Å². The molecule has 0 spiro atoms. The number of hydrogen-bond acceptors (Lipinski definition) is 2. The third kappa shape index (κ3) is 3.96. The molecule has 114 valence electrons. The summed E-state index contributed by atoms with van der Waals surface area (Å²) in [5, 5.41) is 11.3. The Kier molecular flexibility index (Phi) is 4.20. The molecule has 0 aliphatic heterocycles. The number of rotatable bonds is 5. The molecule has 0 saturated heterocycles. The highest BCUT2D eigenvalue weighted by atomic mass is 19.4. The lowest BCUT2D eigenvalue weighted by Gasteiger charge is -2.08. The van der Waals surface area contributed by atoms with E-state index in [1.54, 1.807) is 0 Å². The number of carboxylic acids is 1. The van der Waals surface area contributed by atoms with Crippen LogP contribution in [-0.4, -0.2) is 23.5 Å². The van der Waals surface area contributed by atoms with Gasteiger partial charge in [0.1, 0.15) is 0 Å². The smallest absolute Gasteiger partial charge is 0.416 e. The first-order valence-electron chi connectivity index (χ1n) is 6.45. The number of carbonyl (C=O) groups excluding carboxylic acids is 1. The molecule has 1 aliphatic carbocycles. The predicted molar refractivity (Wildman–Crippen MR) is 67.4 cm³/mol. The summed E-state index contributed by atoms with van der Waals surface area (Å²) in [5.74, 6) is -2.36. The maximum Gasteiger partial charge on any atom is 0.416 e. The summed E-state index contributed by atoms with van der Waals surface area (Å²) in [6, 6.07) is 4.73. The van der Waals surface area contributed by atoms with E-state index >= 15 is 0 Å². The molecule has 1 fully saturated rings. The van der Waals surface area contributed by atoms with Crippen LogP contribution in [0.5, 0.6) is 0 Å². The van der Waals surface area contributed by atoms with Gasteiger partial charge in [-0.05, 0) is 30.5 Å². The minimum absolute atomic E-state index is 0.271. The summed E-state index contributed by atoms with van der Waals surface area (Å²) in [5.41, 5.74) is -0.0357. The summed E-state index contributed by atoms with van der Waals surface area (Å²) in [6.07, 6.45) is -3.61. The SMILES string of the molecule is O=C(O)C1CC1C(=O)NCCc1ccc(C(F)(F)F)cc1. The van der Waals surface area contributed by atoms with E-state index in [0.717, 1.165) is 12.1 Å². The highest BCUT2D eigenvalue weighted by Crippen LogP contribution is 2.38. The van der Waals surface area contributed by atoms with Crippen molar-refractivity contribution in [2.45, 2.75) is 19.0 Å². The Morgan fingerprint density at radius 2 is 1.81 bits per heavy atom. The van der Waals surface area contributed by atoms with E-state index in [-0.39, 0.29) is 12.5 Å². The lowest BCUT2D eigenvalue weighted by atomic mass is 10.1. The molecule has 1 aliphatic rings. The Morgan fingerprint density at radius 1 is 1.19 bits per heavy atom. The van der Waals surface area contributed by atoms with Gasteiger partial charge in [-0.1, -0.05) is 12.1 Å². The zero-order chi connectivity index (χ0) is 15.6. The van der Waals surface area contributed by atoms with Crippen LogP contribution in [0.4, 0.5) is 13.2 Å². The molecule has 2 atom stereocenters. The fraction of sp³-hybridized carbons (Fsp3) is 0.429. The lowest BCUT2D eigenvalue weighted by molar-refractivity contribution is -0.140. The highest BCUT2D eigenvalue weighted by molar-refractivity contribution is 5.89. The van der Waals surface area contributed by atoms with Crippen molar-refractivity contribution in [1.29, 1.82) is 0 Å². The van der Waals surface area contributed by atoms with Crippen molar-refractivity contribution in [1.82, 2.24) is 5.32 Å². The van der Waals surface area contributed by atoms with Gasteiger partial charge in [0, 0.05) is 6.54 Å². The normalized spacial score (nSPS) is 20.9. The topological polar surface area (TPSA) is 66.4 Å². The van der Waals surface area contributed by atoms with Gasteiger partial charge in [0.05, 0.1) is 17.4 Å². The van der Waals surface area contributed by atoms with Gasteiger partial charge in [-0.2, -0.15) is 13.2 Å². The van der Waals surface area contributed by atoms with E-state index in [2.05, 4.69) is 5.32 Å². The second kappa shape index (κ2) is 5.75. The molecule has 2 N–H and O–H groups in total. The minimum atomic E-state index is -4.36. The van der Waals surface area contributed by atoms with Gasteiger partial charge in [0.2, 0.25) is 5.91 Å². The van der Waals surface area contributed by atoms with Gasteiger partial charge in [0.15, 0.2) is 0 Å². The number of amides is 1. The monoisotopic (exact) mass is 301 g/mol. The van der Waals surface area contributed by atoms with Crippen molar-refractivity contribution in [3.05, 3.63) is 35.4 Å². The number of aliphatic carboxylic acids is 1. The maximum absolute atomic E-state index is 12.4. The van der Waals surface area contributed by atoms with Crippen LogP contribution in [0.15, 0.2) is 24.3 Å². The average molecular weight is 301 g/mol. The van der Waals surface area contributed by atoms with Crippen molar-refractivity contribution >= 4 is 11.9 Å². The van der Waals surface area contributed by atoms with Gasteiger partial charge < -0.3 is 10.4 Å². The number of hydrogen-bond donors (Lipinski definition) is 2. The molecular weight excluding hydrogens is 287 g/mol. The van der Waals surface area contributed by atoms with E-state index in [0.29, 0.717) is 18.4 Å². The van der Waals surface area contributed by atoms with E-state index in [4.69, 9.17) is 5.11 Å². The summed E-state index contributed by atoms with van der Waals surface area (Å²) in [7, 11) is 0. The van der Waals surface area contributed by atoms with Crippen LogP contribution in [0.1, 0.15) is 17.5 Å². The van der Waals surface area contributed by atoms with Crippen LogP contribution >= 0.6 is 0 Å². The van der Waals surface area contributed by atoms with Crippen LogP contribution in [0, 0.1) is 11.8 Å². The molecule has 2 rings (SSSR count). The van der Waals surface area contributed by atoms with Gasteiger partial charge in [0.25, 0.3) is 0 Å². The highest BCUT2D eigenvalue weighted by Gasteiger charge is 2.48. The molecule has 0 bridgehead atoms. The average Bonchev–Trinajstić information content (AvgIpc) is 3.18. The molecule has 0 heterocycles. The van der Waals surface area contributed by atoms with Crippen LogP contribution < -0.4 is 5.32 Å². The second-order valence-electron chi connectivity index (χ2n) is 5.02. The van der Waals surface area contributed by atoms with Crippen molar-refractivity contribution in [3.63, 3.8) is 0 Å². The standard InChI is InChI=1S/C14H14F3NO3/c15-14(16,17)9-3-1-8(2-4-9)5-6-18-12(19)10-7-11(10)13(20)21/h1-4,10-11H,5-7H2,(H,18,19)(H,20,21). The number of carbonyl (C=O) groups is 2. The summed E-state index contributed by atoms with van der Waals surface area (Å²) < 4.78 is 37.1. The first-order chi connectivity index (χ1) is 9.79. The molecule has 0 radical (unpaired) electrons. The van der Waals surface area contributed by atoms with Crippen molar-refractivity contribution < 1.29 is 27.9 Å². The van der Waals surface area contributed by atoms with Crippen molar-refractivity contribution in [2.75, 3.05) is 6.54 Å². The van der Waals surface area contributed by atoms with Crippen molar-refractivity contribution in [3.8, 4) is 0 Å². The molecule has 4 nitrogen and oxygen atoms in total. The zero-order valence-corrected chi connectivity index (χ0v) is 11.0. The van der Waals surface area contributed by atoms with E-state index in [1.165, 1.54) is 12.1 Å². The van der Waals surface area contributed by atoms with Gasteiger partial charge in [-0.15, -0.1) is 0 Å². The third-order valence-electron chi connectivity index (χ3n) is 3.44. The van der Waals surface area contributed by atoms with Gasteiger partial charge in [-0.25, -0.2) is 0 Å². The summed E-state index contributed by atoms with van der Waals surface area (Å²) in [4.78, 5) is 22.2. The zero-order valence-electron chi connectivity index (χ0n) is 11.0. The van der Waals surface area contributed by atoms with Gasteiger partial charge >= 0.3 is 12.1 Å². The summed E-state index contributed by atoms with van der Waals surface area (Å²) in [6.45, 7) is 0.271. The van der Waals surface area contributed by atoms with Gasteiger partial charge in [-0.3, -0.25) is 9.59 Å². The predicted octanol–water partition coefficient (Wildman–Crippen LogP) is 2.08. The Bertz CT molecular complexity index is 539. The second-order valence-corrected chi connectivity index (χ2v) is 5.02. The van der Waals surface area contributed by atoms with Crippen LogP contribution in [0.25, 0.3) is 0 Å². The molecule has 1 amide bonds. The molecule has 7 heteroatoms. The van der Waals surface area contributed by atoms with Crippen LogP contribution in [-0.2, 0) is 22.2 Å². The number of nitrogens with one attached hydrogen (secondary N) is 1. The number of benzene rings is 1. The molecule has 1 aromatic carbocycles. The van der Waals surface area contributed by atoms with E-state index < -0.39 is 29.5 Å². The molecule has 1 aromatic rings. The Balaban J connectivity index is 1.77. The Hall–Kier alpha value is -2.05. The summed E-state index contributed by atoms with van der Waals surface area (Å²) >= 11 is 0. The fourth-order valence-corrected chi connectivity index (χ4v) is 2.08. The molecule has 0 aromatic heterocycles. The molecule has 21 heavy (non-hydrogen) atoms. The van der Waals surface area contributed by atoms with E-state index in [1.807, 2.05) is 0 Å². The molecule has 1 saturated carbocycles. The largest absolute Gasteiger partial charge is 0.481 e.